The highest BCUT2D eigenvalue weighted by Crippen LogP contribution is 2.30. The van der Waals surface area contributed by atoms with E-state index in [0.29, 0.717) is 5.92 Å². The Hall–Kier alpha value is -1.39. The lowest BCUT2D eigenvalue weighted by molar-refractivity contribution is 0.550. The molecule has 0 spiro atoms. The Morgan fingerprint density at radius 3 is 3.16 bits per heavy atom. The fourth-order valence-corrected chi connectivity index (χ4v) is 3.34. The predicted molar refractivity (Wildman–Crippen MR) is 80.8 cm³/mol. The average molecular weight is 273 g/mol. The molecular weight excluding hydrogens is 254 g/mol. The Morgan fingerprint density at radius 2 is 2.32 bits per heavy atom. The molecule has 1 aromatic heterocycles. The standard InChI is InChI=1S/C15H19N3S/c1-11-10-19-15(18-11)9-16-8-12-6-7-17-14-5-3-2-4-13(12)14/h2-5,10,12,16-17H,6-9H2,1H3. The number of hydrogen-bond donors (Lipinski definition) is 2. The SMILES string of the molecule is Cc1csc(CNCC2CCNc3ccccc32)n1. The van der Waals surface area contributed by atoms with Gasteiger partial charge in [0.05, 0.1) is 0 Å². The van der Waals surface area contributed by atoms with Crippen LogP contribution >= 0.6 is 11.3 Å². The first kappa shape index (κ1) is 12.6. The van der Waals surface area contributed by atoms with Gasteiger partial charge in [0.15, 0.2) is 0 Å². The molecule has 1 aliphatic heterocycles. The summed E-state index contributed by atoms with van der Waals surface area (Å²) in [7, 11) is 0. The number of benzene rings is 1. The van der Waals surface area contributed by atoms with Crippen LogP contribution in [0.3, 0.4) is 0 Å². The van der Waals surface area contributed by atoms with Gasteiger partial charge in [-0.2, -0.15) is 0 Å². The molecule has 0 saturated carbocycles. The molecule has 1 aliphatic rings. The molecule has 0 bridgehead atoms. The van der Waals surface area contributed by atoms with Crippen molar-refractivity contribution in [1.29, 1.82) is 0 Å². The molecule has 0 aliphatic carbocycles. The summed E-state index contributed by atoms with van der Waals surface area (Å²) in [5, 5.41) is 10.3. The minimum atomic E-state index is 0.610. The third-order valence-corrected chi connectivity index (χ3v) is 4.51. The van der Waals surface area contributed by atoms with Crippen molar-refractivity contribution in [3.8, 4) is 0 Å². The third kappa shape index (κ3) is 2.96. The van der Waals surface area contributed by atoms with Gasteiger partial charge in [-0.05, 0) is 25.0 Å². The second-order valence-electron chi connectivity index (χ2n) is 5.01. The molecule has 0 saturated heterocycles. The van der Waals surface area contributed by atoms with E-state index in [9.17, 15) is 0 Å². The van der Waals surface area contributed by atoms with Crippen molar-refractivity contribution < 1.29 is 0 Å². The van der Waals surface area contributed by atoms with Crippen molar-refractivity contribution in [3.05, 3.63) is 45.9 Å². The van der Waals surface area contributed by atoms with Crippen LogP contribution in [0.2, 0.25) is 0 Å². The highest BCUT2D eigenvalue weighted by molar-refractivity contribution is 7.09. The zero-order valence-corrected chi connectivity index (χ0v) is 12.0. The number of aryl methyl sites for hydroxylation is 1. The topological polar surface area (TPSA) is 37.0 Å². The van der Waals surface area contributed by atoms with Crippen molar-refractivity contribution >= 4 is 17.0 Å². The normalized spacial score (nSPS) is 17.8. The van der Waals surface area contributed by atoms with Gasteiger partial charge in [0, 0.05) is 42.3 Å². The molecule has 3 nitrogen and oxygen atoms in total. The van der Waals surface area contributed by atoms with E-state index < -0.39 is 0 Å². The van der Waals surface area contributed by atoms with Gasteiger partial charge in [-0.1, -0.05) is 18.2 Å². The van der Waals surface area contributed by atoms with Gasteiger partial charge in [0.2, 0.25) is 0 Å². The highest BCUT2D eigenvalue weighted by Gasteiger charge is 2.18. The van der Waals surface area contributed by atoms with Crippen LogP contribution in [-0.2, 0) is 6.54 Å². The van der Waals surface area contributed by atoms with Gasteiger partial charge in [-0.25, -0.2) is 4.98 Å². The van der Waals surface area contributed by atoms with Gasteiger partial charge >= 0.3 is 0 Å². The van der Waals surface area contributed by atoms with E-state index >= 15 is 0 Å². The number of rotatable bonds is 4. The summed E-state index contributed by atoms with van der Waals surface area (Å²) in [6.07, 6.45) is 1.20. The molecule has 100 valence electrons. The van der Waals surface area contributed by atoms with Crippen LogP contribution in [0.1, 0.15) is 28.6 Å². The van der Waals surface area contributed by atoms with Crippen molar-refractivity contribution in [2.45, 2.75) is 25.8 Å². The van der Waals surface area contributed by atoms with E-state index in [0.717, 1.165) is 25.3 Å². The van der Waals surface area contributed by atoms with E-state index in [4.69, 9.17) is 0 Å². The lowest BCUT2D eigenvalue weighted by Gasteiger charge is -2.26. The molecule has 1 aromatic carbocycles. The molecule has 0 radical (unpaired) electrons. The summed E-state index contributed by atoms with van der Waals surface area (Å²) in [4.78, 5) is 4.48. The summed E-state index contributed by atoms with van der Waals surface area (Å²) in [5.74, 6) is 0.610. The predicted octanol–water partition coefficient (Wildman–Crippen LogP) is 3.14. The molecule has 19 heavy (non-hydrogen) atoms. The average Bonchev–Trinajstić information content (AvgIpc) is 2.85. The molecule has 1 atom stereocenters. The summed E-state index contributed by atoms with van der Waals surface area (Å²) < 4.78 is 0. The molecule has 0 amide bonds. The zero-order chi connectivity index (χ0) is 13.1. The first-order chi connectivity index (χ1) is 9.33. The second kappa shape index (κ2) is 5.72. The minimum absolute atomic E-state index is 0.610. The van der Waals surface area contributed by atoms with Crippen LogP contribution in [0.4, 0.5) is 5.69 Å². The number of nitrogens with zero attached hydrogens (tertiary/aromatic N) is 1. The maximum Gasteiger partial charge on any atom is 0.107 e. The monoisotopic (exact) mass is 273 g/mol. The van der Waals surface area contributed by atoms with Crippen molar-refractivity contribution in [1.82, 2.24) is 10.3 Å². The number of aromatic nitrogens is 1. The van der Waals surface area contributed by atoms with Crippen LogP contribution in [-0.4, -0.2) is 18.1 Å². The first-order valence-electron chi connectivity index (χ1n) is 6.77. The quantitative estimate of drug-likeness (QED) is 0.898. The van der Waals surface area contributed by atoms with Crippen molar-refractivity contribution in [2.24, 2.45) is 0 Å². The second-order valence-corrected chi connectivity index (χ2v) is 5.96. The fourth-order valence-electron chi connectivity index (χ4n) is 2.60. The molecule has 2 heterocycles. The molecule has 2 N–H and O–H groups in total. The zero-order valence-electron chi connectivity index (χ0n) is 11.1. The highest BCUT2D eigenvalue weighted by atomic mass is 32.1. The third-order valence-electron chi connectivity index (χ3n) is 3.54. The van der Waals surface area contributed by atoms with Gasteiger partial charge < -0.3 is 10.6 Å². The van der Waals surface area contributed by atoms with Crippen molar-refractivity contribution in [3.63, 3.8) is 0 Å². The molecule has 4 heteroatoms. The Morgan fingerprint density at radius 1 is 1.42 bits per heavy atom. The van der Waals surface area contributed by atoms with E-state index in [-0.39, 0.29) is 0 Å². The summed E-state index contributed by atoms with van der Waals surface area (Å²) in [5.41, 5.74) is 3.86. The number of hydrogen-bond acceptors (Lipinski definition) is 4. The number of fused-ring (bicyclic) bond motifs is 1. The van der Waals surface area contributed by atoms with Crippen LogP contribution in [0.5, 0.6) is 0 Å². The Bertz CT molecular complexity index is 550. The smallest absolute Gasteiger partial charge is 0.107 e. The maximum absolute atomic E-state index is 4.48. The van der Waals surface area contributed by atoms with Crippen LogP contribution in [0.15, 0.2) is 29.6 Å². The first-order valence-corrected chi connectivity index (χ1v) is 7.65. The summed E-state index contributed by atoms with van der Waals surface area (Å²) in [6, 6.07) is 8.63. The Labute approximate surface area is 118 Å². The lowest BCUT2D eigenvalue weighted by atomic mass is 9.91. The van der Waals surface area contributed by atoms with Crippen LogP contribution in [0, 0.1) is 6.92 Å². The molecule has 3 rings (SSSR count). The van der Waals surface area contributed by atoms with E-state index in [1.54, 1.807) is 11.3 Å². The number of thiazole rings is 1. The Kier molecular flexibility index (Phi) is 3.80. The Balaban J connectivity index is 1.59. The van der Waals surface area contributed by atoms with E-state index in [1.807, 2.05) is 6.92 Å². The largest absolute Gasteiger partial charge is 0.385 e. The molecule has 2 aromatic rings. The molecule has 0 fully saturated rings. The summed E-state index contributed by atoms with van der Waals surface area (Å²) >= 11 is 1.74. The summed E-state index contributed by atoms with van der Waals surface area (Å²) in [6.45, 7) is 5.02. The molecule has 1 unspecified atom stereocenters. The minimum Gasteiger partial charge on any atom is -0.385 e. The van der Waals surface area contributed by atoms with Crippen LogP contribution in [0.25, 0.3) is 0 Å². The number of nitrogens with one attached hydrogen (secondary N) is 2. The van der Waals surface area contributed by atoms with Gasteiger partial charge in [0.1, 0.15) is 5.01 Å². The van der Waals surface area contributed by atoms with Gasteiger partial charge in [-0.3, -0.25) is 0 Å². The van der Waals surface area contributed by atoms with Crippen LogP contribution < -0.4 is 10.6 Å². The number of anilines is 1. The maximum atomic E-state index is 4.48. The number of para-hydroxylation sites is 1. The van der Waals surface area contributed by atoms with Crippen molar-refractivity contribution in [2.75, 3.05) is 18.4 Å². The lowest BCUT2D eigenvalue weighted by Crippen LogP contribution is -2.26. The van der Waals surface area contributed by atoms with E-state index in [2.05, 4.69) is 45.3 Å². The fraction of sp³-hybridized carbons (Fsp3) is 0.400. The van der Waals surface area contributed by atoms with Gasteiger partial charge in [-0.15, -0.1) is 11.3 Å². The van der Waals surface area contributed by atoms with Gasteiger partial charge in [0.25, 0.3) is 0 Å². The van der Waals surface area contributed by atoms with E-state index in [1.165, 1.54) is 22.7 Å². The molecular formula is C15H19N3S.